The summed E-state index contributed by atoms with van der Waals surface area (Å²) in [6.45, 7) is 2.79. The van der Waals surface area contributed by atoms with E-state index in [0.717, 1.165) is 19.1 Å². The first-order valence-corrected chi connectivity index (χ1v) is 8.97. The highest BCUT2D eigenvalue weighted by Crippen LogP contribution is 2.47. The van der Waals surface area contributed by atoms with Gasteiger partial charge in [0.1, 0.15) is 5.76 Å². The van der Waals surface area contributed by atoms with Gasteiger partial charge in [-0.05, 0) is 19.8 Å². The minimum absolute atomic E-state index is 0.0109. The maximum absolute atomic E-state index is 12.6. The van der Waals surface area contributed by atoms with Crippen LogP contribution in [0.15, 0.2) is 15.6 Å². The Bertz CT molecular complexity index is 688. The molecule has 1 aromatic rings. The molecule has 21 heavy (non-hydrogen) atoms. The molecule has 2 N–H and O–H groups in total. The monoisotopic (exact) mass is 312 g/mol. The van der Waals surface area contributed by atoms with Gasteiger partial charge in [-0.15, -0.1) is 0 Å². The van der Waals surface area contributed by atoms with Crippen LogP contribution < -0.4 is 5.73 Å². The first-order valence-electron chi connectivity index (χ1n) is 7.08. The Morgan fingerprint density at radius 3 is 2.57 bits per heavy atom. The number of hydrogen-bond donors (Lipinski definition) is 1. The summed E-state index contributed by atoms with van der Waals surface area (Å²) < 4.78 is 28.2. The van der Waals surface area contributed by atoms with Gasteiger partial charge in [-0.2, -0.15) is 0 Å². The van der Waals surface area contributed by atoms with Gasteiger partial charge >= 0.3 is 0 Å². The lowest BCUT2D eigenvalue weighted by atomic mass is 9.66. The largest absolute Gasteiger partial charge is 0.449 e. The third-order valence-electron chi connectivity index (χ3n) is 4.84. The second-order valence-electron chi connectivity index (χ2n) is 6.32. The van der Waals surface area contributed by atoms with Crippen molar-refractivity contribution >= 4 is 15.7 Å². The maximum atomic E-state index is 12.6. The second kappa shape index (κ2) is 4.58. The molecule has 1 saturated heterocycles. The van der Waals surface area contributed by atoms with E-state index in [2.05, 4.69) is 0 Å². The molecule has 1 spiro atoms. The van der Waals surface area contributed by atoms with Crippen molar-refractivity contribution < 1.29 is 17.6 Å². The van der Waals surface area contributed by atoms with Crippen LogP contribution in [0.1, 0.15) is 35.4 Å². The van der Waals surface area contributed by atoms with Crippen LogP contribution in [0.5, 0.6) is 0 Å². The Labute approximate surface area is 124 Å². The molecule has 1 amide bonds. The van der Waals surface area contributed by atoms with Crippen LogP contribution in [0.25, 0.3) is 0 Å². The lowest BCUT2D eigenvalue weighted by Crippen LogP contribution is -2.45. The van der Waals surface area contributed by atoms with E-state index in [1.807, 2.05) is 0 Å². The molecule has 116 valence electrons. The van der Waals surface area contributed by atoms with Gasteiger partial charge in [0.25, 0.3) is 5.91 Å². The summed E-state index contributed by atoms with van der Waals surface area (Å²) >= 11 is 0. The van der Waals surface area contributed by atoms with Gasteiger partial charge in [0, 0.05) is 36.9 Å². The van der Waals surface area contributed by atoms with Gasteiger partial charge in [0.05, 0.1) is 5.56 Å². The van der Waals surface area contributed by atoms with E-state index in [-0.39, 0.29) is 22.5 Å². The SMILES string of the molecule is Cc1oc(S(C)(=O)=O)cc1C(=O)N1CC(N)C2(CCC2)C1. The minimum Gasteiger partial charge on any atom is -0.449 e. The van der Waals surface area contributed by atoms with Crippen LogP contribution >= 0.6 is 0 Å². The van der Waals surface area contributed by atoms with Crippen molar-refractivity contribution in [3.8, 4) is 0 Å². The fourth-order valence-corrected chi connectivity index (χ4v) is 3.94. The topological polar surface area (TPSA) is 93.6 Å². The predicted octanol–water partition coefficient (Wildman–Crippen LogP) is 0.945. The van der Waals surface area contributed by atoms with Crippen molar-refractivity contribution in [3.05, 3.63) is 17.4 Å². The lowest BCUT2D eigenvalue weighted by molar-refractivity contribution is 0.0725. The van der Waals surface area contributed by atoms with E-state index in [1.54, 1.807) is 11.8 Å². The van der Waals surface area contributed by atoms with Gasteiger partial charge in [-0.25, -0.2) is 8.42 Å². The number of rotatable bonds is 2. The zero-order valence-corrected chi connectivity index (χ0v) is 13.1. The minimum atomic E-state index is -3.45. The zero-order valence-electron chi connectivity index (χ0n) is 12.3. The summed E-state index contributed by atoms with van der Waals surface area (Å²) in [5.41, 5.74) is 6.58. The summed E-state index contributed by atoms with van der Waals surface area (Å²) in [5, 5.41) is -0.162. The number of hydrogen-bond acceptors (Lipinski definition) is 5. The van der Waals surface area contributed by atoms with Gasteiger partial charge in [0.15, 0.2) is 0 Å². The number of sulfone groups is 1. The molecule has 1 aromatic heterocycles. The van der Waals surface area contributed by atoms with Crippen LogP contribution in [0.4, 0.5) is 0 Å². The van der Waals surface area contributed by atoms with Crippen LogP contribution in [-0.4, -0.2) is 44.6 Å². The molecule has 1 atom stereocenters. The lowest BCUT2D eigenvalue weighted by Gasteiger charge is -2.41. The first-order chi connectivity index (χ1) is 9.73. The van der Waals surface area contributed by atoms with E-state index in [4.69, 9.17) is 10.2 Å². The van der Waals surface area contributed by atoms with Crippen molar-refractivity contribution in [2.24, 2.45) is 11.1 Å². The van der Waals surface area contributed by atoms with Crippen molar-refractivity contribution in [2.45, 2.75) is 37.3 Å². The van der Waals surface area contributed by atoms with E-state index in [0.29, 0.717) is 24.4 Å². The summed E-state index contributed by atoms with van der Waals surface area (Å²) in [6, 6.07) is 1.33. The third kappa shape index (κ3) is 2.28. The number of furan rings is 1. The molecule has 1 aliphatic carbocycles. The van der Waals surface area contributed by atoms with E-state index < -0.39 is 9.84 Å². The highest BCUT2D eigenvalue weighted by Gasteiger charge is 2.50. The number of carbonyl (C=O) groups is 1. The summed E-state index contributed by atoms with van der Waals surface area (Å²) in [7, 11) is -3.45. The Morgan fingerprint density at radius 2 is 2.14 bits per heavy atom. The zero-order chi connectivity index (χ0) is 15.4. The number of nitrogens with two attached hydrogens (primary N) is 1. The van der Waals surface area contributed by atoms with Crippen molar-refractivity contribution in [3.63, 3.8) is 0 Å². The molecule has 0 bridgehead atoms. The second-order valence-corrected chi connectivity index (χ2v) is 8.26. The average molecular weight is 312 g/mol. The molecule has 0 radical (unpaired) electrons. The van der Waals surface area contributed by atoms with Gasteiger partial charge in [-0.3, -0.25) is 4.79 Å². The Morgan fingerprint density at radius 1 is 1.48 bits per heavy atom. The number of amides is 1. The van der Waals surface area contributed by atoms with Crippen LogP contribution in [0, 0.1) is 12.3 Å². The Kier molecular flexibility index (Phi) is 3.18. The number of carbonyl (C=O) groups excluding carboxylic acids is 1. The quantitative estimate of drug-likeness (QED) is 0.877. The molecule has 1 unspecified atom stereocenters. The van der Waals surface area contributed by atoms with Crippen molar-refractivity contribution in [1.29, 1.82) is 0 Å². The molecule has 2 fully saturated rings. The molecule has 1 saturated carbocycles. The molecule has 6 nitrogen and oxygen atoms in total. The normalized spacial score (nSPS) is 24.3. The van der Waals surface area contributed by atoms with Crippen molar-refractivity contribution in [2.75, 3.05) is 19.3 Å². The highest BCUT2D eigenvalue weighted by atomic mass is 32.2. The number of aryl methyl sites for hydroxylation is 1. The third-order valence-corrected chi connectivity index (χ3v) is 5.77. The van der Waals surface area contributed by atoms with E-state index in [1.165, 1.54) is 12.5 Å². The van der Waals surface area contributed by atoms with Gasteiger partial charge in [-0.1, -0.05) is 6.42 Å². The summed E-state index contributed by atoms with van der Waals surface area (Å²) in [6.07, 6.45) is 4.36. The van der Waals surface area contributed by atoms with Crippen LogP contribution in [0.2, 0.25) is 0 Å². The fourth-order valence-electron chi connectivity index (χ4n) is 3.33. The predicted molar refractivity (Wildman–Crippen MR) is 76.7 cm³/mol. The molecular formula is C14H20N2O4S. The first kappa shape index (κ1) is 14.6. The average Bonchev–Trinajstić information content (AvgIpc) is 2.88. The van der Waals surface area contributed by atoms with Gasteiger partial charge < -0.3 is 15.1 Å². The molecule has 2 aliphatic rings. The fraction of sp³-hybridized carbons (Fsp3) is 0.643. The molecule has 1 aliphatic heterocycles. The van der Waals surface area contributed by atoms with Crippen LogP contribution in [0.3, 0.4) is 0 Å². The van der Waals surface area contributed by atoms with E-state index >= 15 is 0 Å². The molecule has 2 heterocycles. The Balaban J connectivity index is 1.85. The van der Waals surface area contributed by atoms with Crippen molar-refractivity contribution in [1.82, 2.24) is 4.90 Å². The highest BCUT2D eigenvalue weighted by molar-refractivity contribution is 7.90. The summed E-state index contributed by atoms with van der Waals surface area (Å²) in [5.74, 6) is 0.147. The van der Waals surface area contributed by atoms with Crippen LogP contribution in [-0.2, 0) is 9.84 Å². The Hall–Kier alpha value is -1.34. The van der Waals surface area contributed by atoms with E-state index in [9.17, 15) is 13.2 Å². The molecule has 7 heteroatoms. The standard InChI is InChI=1S/C14H20N2O4S/c1-9-10(6-12(20-9)21(2,18)19)13(17)16-7-11(15)14(8-16)4-3-5-14/h6,11H,3-5,7-8,15H2,1-2H3. The molecular weight excluding hydrogens is 292 g/mol. The smallest absolute Gasteiger partial charge is 0.257 e. The van der Waals surface area contributed by atoms with Gasteiger partial charge in [0.2, 0.25) is 14.9 Å². The molecule has 0 aromatic carbocycles. The summed E-state index contributed by atoms with van der Waals surface area (Å²) in [4.78, 5) is 14.3. The molecule has 3 rings (SSSR count). The number of likely N-dealkylation sites (tertiary alicyclic amines) is 1. The number of nitrogens with zero attached hydrogens (tertiary/aromatic N) is 1. The maximum Gasteiger partial charge on any atom is 0.257 e.